The van der Waals surface area contributed by atoms with Crippen molar-refractivity contribution in [1.82, 2.24) is 0 Å². The molecule has 0 unspecified atom stereocenters. The first kappa shape index (κ1) is 14.8. The Labute approximate surface area is 158 Å². The van der Waals surface area contributed by atoms with Crippen LogP contribution in [0.1, 0.15) is 11.1 Å². The van der Waals surface area contributed by atoms with Crippen molar-refractivity contribution in [2.24, 2.45) is 0 Å². The Morgan fingerprint density at radius 2 is 1.19 bits per heavy atom. The van der Waals surface area contributed by atoms with Gasteiger partial charge in [-0.2, -0.15) is 0 Å². The van der Waals surface area contributed by atoms with Gasteiger partial charge in [-0.15, -0.1) is 0 Å². The molecule has 0 nitrogen and oxygen atoms in total. The van der Waals surface area contributed by atoms with Gasteiger partial charge in [-0.05, 0) is 48.7 Å². The maximum atomic E-state index is 2.34. The van der Waals surface area contributed by atoms with E-state index in [1.165, 1.54) is 54.6 Å². The van der Waals surface area contributed by atoms with Crippen molar-refractivity contribution in [3.8, 4) is 0 Å². The minimum absolute atomic E-state index is 1.27. The van der Waals surface area contributed by atoms with E-state index in [0.717, 1.165) is 0 Å². The molecule has 0 N–H and O–H groups in total. The summed E-state index contributed by atoms with van der Waals surface area (Å²) in [5.41, 5.74) is 2.62. The van der Waals surface area contributed by atoms with Crippen LogP contribution in [0.4, 0.5) is 0 Å². The van der Waals surface area contributed by atoms with Crippen LogP contribution in [0.5, 0.6) is 0 Å². The van der Waals surface area contributed by atoms with Gasteiger partial charge in [-0.1, -0.05) is 103 Å². The third-order valence-electron chi connectivity index (χ3n) is 5.69. The molecular weight excluding hydrogens is 324 g/mol. The minimum atomic E-state index is 1.27. The molecule has 0 atom stereocenters. The van der Waals surface area contributed by atoms with E-state index in [1.54, 1.807) is 0 Å². The van der Waals surface area contributed by atoms with Gasteiger partial charge in [0.15, 0.2) is 0 Å². The zero-order chi connectivity index (χ0) is 17.8. The lowest BCUT2D eigenvalue weighted by atomic mass is 9.85. The standard InChI is InChI=1S/C27H17/c1-5-18-9-3-11-24-22(15-13-20(7-1)26(18)24)17-23-16-14-21-8-2-6-19-10-4-12-25(23)27(19)21/h1-17H/b22-17+. The Hall–Kier alpha value is -3.38. The van der Waals surface area contributed by atoms with Gasteiger partial charge in [0.05, 0.1) is 0 Å². The average molecular weight is 341 g/mol. The molecule has 27 heavy (non-hydrogen) atoms. The largest absolute Gasteiger partial charge is 0.0680 e. The molecule has 0 heterocycles. The Morgan fingerprint density at radius 3 is 2.04 bits per heavy atom. The van der Waals surface area contributed by atoms with Gasteiger partial charge >= 0.3 is 0 Å². The van der Waals surface area contributed by atoms with E-state index >= 15 is 0 Å². The third kappa shape index (κ3) is 2.17. The monoisotopic (exact) mass is 341 g/mol. The van der Waals surface area contributed by atoms with Crippen LogP contribution in [0, 0.1) is 5.92 Å². The highest BCUT2D eigenvalue weighted by molar-refractivity contribution is 6.10. The number of rotatable bonds is 1. The summed E-state index contributed by atoms with van der Waals surface area (Å²) in [7, 11) is 0. The first-order valence-electron chi connectivity index (χ1n) is 9.37. The molecule has 0 amide bonds. The average Bonchev–Trinajstić information content (AvgIpc) is 2.72. The van der Waals surface area contributed by atoms with Crippen molar-refractivity contribution in [2.45, 2.75) is 0 Å². The highest BCUT2D eigenvalue weighted by Gasteiger charge is 2.16. The van der Waals surface area contributed by atoms with Crippen LogP contribution in [-0.2, 0) is 0 Å². The van der Waals surface area contributed by atoms with E-state index in [0.29, 0.717) is 0 Å². The first-order valence-corrected chi connectivity index (χ1v) is 9.37. The van der Waals surface area contributed by atoms with Gasteiger partial charge in [0.2, 0.25) is 0 Å². The zero-order valence-electron chi connectivity index (χ0n) is 14.8. The fourth-order valence-electron chi connectivity index (χ4n) is 4.46. The van der Waals surface area contributed by atoms with Gasteiger partial charge in [0.1, 0.15) is 0 Å². The number of hydrogen-bond donors (Lipinski definition) is 0. The lowest BCUT2D eigenvalue weighted by molar-refractivity contribution is 1.43. The predicted molar refractivity (Wildman–Crippen MR) is 116 cm³/mol. The van der Waals surface area contributed by atoms with Crippen molar-refractivity contribution < 1.29 is 0 Å². The summed E-state index contributed by atoms with van der Waals surface area (Å²) >= 11 is 0. The molecule has 0 aliphatic heterocycles. The molecule has 1 radical (unpaired) electrons. The molecule has 0 heteroatoms. The smallest absolute Gasteiger partial charge is 0.0498 e. The van der Waals surface area contributed by atoms with Crippen LogP contribution < -0.4 is 5.22 Å². The molecule has 1 aliphatic rings. The van der Waals surface area contributed by atoms with E-state index in [2.05, 4.69) is 103 Å². The number of hydrogen-bond acceptors (Lipinski definition) is 0. The van der Waals surface area contributed by atoms with Crippen LogP contribution in [-0.4, -0.2) is 0 Å². The molecule has 0 saturated heterocycles. The topological polar surface area (TPSA) is 0 Å². The summed E-state index contributed by atoms with van der Waals surface area (Å²) in [6.07, 6.45) is 6.82. The summed E-state index contributed by atoms with van der Waals surface area (Å²) in [4.78, 5) is 0. The lowest BCUT2D eigenvalue weighted by Crippen LogP contribution is -2.08. The highest BCUT2D eigenvalue weighted by Crippen LogP contribution is 2.35. The van der Waals surface area contributed by atoms with E-state index < -0.39 is 0 Å². The summed E-state index contributed by atoms with van der Waals surface area (Å²) < 4.78 is 0. The van der Waals surface area contributed by atoms with Crippen LogP contribution in [0.15, 0.2) is 91.0 Å². The Balaban J connectivity index is 1.64. The molecule has 0 spiro atoms. The van der Waals surface area contributed by atoms with Crippen LogP contribution >= 0.6 is 0 Å². The van der Waals surface area contributed by atoms with Crippen molar-refractivity contribution in [3.63, 3.8) is 0 Å². The predicted octanol–water partition coefficient (Wildman–Crippen LogP) is 6.30. The van der Waals surface area contributed by atoms with Crippen molar-refractivity contribution >= 4 is 44.5 Å². The van der Waals surface area contributed by atoms with Gasteiger partial charge in [0, 0.05) is 5.92 Å². The molecule has 125 valence electrons. The molecule has 6 rings (SSSR count). The van der Waals surface area contributed by atoms with Crippen LogP contribution in [0.2, 0.25) is 0 Å². The van der Waals surface area contributed by atoms with E-state index in [1.807, 2.05) is 0 Å². The molecule has 0 fully saturated rings. The molecule has 1 aliphatic carbocycles. The first-order chi connectivity index (χ1) is 13.4. The Kier molecular flexibility index (Phi) is 3.04. The normalized spacial score (nSPS) is 14.6. The molecule has 0 bridgehead atoms. The van der Waals surface area contributed by atoms with Gasteiger partial charge in [0.25, 0.3) is 0 Å². The fraction of sp³-hybridized carbons (Fsp3) is 0. The second-order valence-electron chi connectivity index (χ2n) is 7.22. The van der Waals surface area contributed by atoms with Gasteiger partial charge in [-0.25, -0.2) is 0 Å². The molecule has 0 aromatic heterocycles. The van der Waals surface area contributed by atoms with Crippen molar-refractivity contribution in [2.75, 3.05) is 0 Å². The quantitative estimate of drug-likeness (QED) is 0.336. The Bertz CT molecular complexity index is 1390. The Morgan fingerprint density at radius 1 is 0.519 bits per heavy atom. The minimum Gasteiger partial charge on any atom is -0.0680 e. The van der Waals surface area contributed by atoms with Crippen molar-refractivity contribution in [3.05, 3.63) is 113 Å². The number of allylic oxidation sites excluding steroid dienone is 1. The molecule has 0 saturated carbocycles. The van der Waals surface area contributed by atoms with Gasteiger partial charge < -0.3 is 0 Å². The second kappa shape index (κ2) is 5.56. The summed E-state index contributed by atoms with van der Waals surface area (Å²) in [6.45, 7) is 0. The fourth-order valence-corrected chi connectivity index (χ4v) is 4.46. The second-order valence-corrected chi connectivity index (χ2v) is 7.22. The summed E-state index contributed by atoms with van der Waals surface area (Å²) in [5.74, 6) is 1.27. The van der Waals surface area contributed by atoms with Crippen molar-refractivity contribution in [1.29, 1.82) is 0 Å². The summed E-state index contributed by atoms with van der Waals surface area (Å²) in [6, 6.07) is 30.7. The number of benzene rings is 5. The molecular formula is C27H17. The van der Waals surface area contributed by atoms with E-state index in [9.17, 15) is 0 Å². The maximum Gasteiger partial charge on any atom is 0.0498 e. The maximum absolute atomic E-state index is 2.34. The lowest BCUT2D eigenvalue weighted by Gasteiger charge is -2.18. The van der Waals surface area contributed by atoms with E-state index in [4.69, 9.17) is 0 Å². The van der Waals surface area contributed by atoms with Gasteiger partial charge in [-0.3, -0.25) is 0 Å². The van der Waals surface area contributed by atoms with Crippen LogP contribution in [0.3, 0.4) is 0 Å². The van der Waals surface area contributed by atoms with E-state index in [-0.39, 0.29) is 0 Å². The molecule has 5 aromatic carbocycles. The highest BCUT2D eigenvalue weighted by atomic mass is 14.2. The third-order valence-corrected chi connectivity index (χ3v) is 5.69. The molecule has 5 aromatic rings. The SMILES string of the molecule is C1=Cc2cccc3cccc(c23)[C]1/C=c1\ccc2cccc3cccc1c32. The van der Waals surface area contributed by atoms with Crippen LogP contribution in [0.25, 0.3) is 44.5 Å². The zero-order valence-corrected chi connectivity index (χ0v) is 14.8. The summed E-state index contributed by atoms with van der Waals surface area (Å²) in [5, 5.41) is 9.21.